The first-order valence-electron chi connectivity index (χ1n) is 32.0. The summed E-state index contributed by atoms with van der Waals surface area (Å²) in [5, 5.41) is 4.56. The maximum Gasteiger partial charge on any atom is 0.159 e. The second-order valence-corrected chi connectivity index (χ2v) is 18.0. The van der Waals surface area contributed by atoms with Crippen molar-refractivity contribution in [2.75, 3.05) is 0 Å². The Morgan fingerprint density at radius 1 is 0.264 bits per heavy atom. The van der Waals surface area contributed by atoms with E-state index in [1.807, 2.05) is 273 Å². The van der Waals surface area contributed by atoms with E-state index in [4.69, 9.17) is 0 Å². The van der Waals surface area contributed by atoms with Crippen LogP contribution in [0.4, 0.5) is 0 Å². The normalized spacial score (nSPS) is 9.26. The van der Waals surface area contributed by atoms with E-state index in [1.165, 1.54) is 38.7 Å². The number of fused-ring (bicyclic) bond motifs is 7. The first-order chi connectivity index (χ1) is 44.5. The van der Waals surface area contributed by atoms with Crippen molar-refractivity contribution in [1.82, 2.24) is 68.9 Å². The number of aryl methyl sites for hydroxylation is 9. The molecule has 0 aliphatic rings. The topological polar surface area (TPSA) is 165 Å². The van der Waals surface area contributed by atoms with E-state index in [0.717, 1.165) is 77.6 Å². The van der Waals surface area contributed by atoms with Crippen LogP contribution in [0.5, 0.6) is 0 Å². The van der Waals surface area contributed by atoms with E-state index >= 15 is 0 Å². The molecule has 0 aliphatic heterocycles. The minimum absolute atomic E-state index is 0.826. The van der Waals surface area contributed by atoms with Crippen molar-refractivity contribution in [3.8, 4) is 0 Å². The van der Waals surface area contributed by atoms with Crippen LogP contribution in [0.25, 0.3) is 76.8 Å². The number of para-hydroxylation sites is 4. The molecule has 0 fully saturated rings. The van der Waals surface area contributed by atoms with Crippen molar-refractivity contribution in [1.29, 1.82) is 0 Å². The molecule has 14 nitrogen and oxygen atoms in total. The van der Waals surface area contributed by atoms with Gasteiger partial charge in [-0.25, -0.2) is 19.9 Å². The summed E-state index contributed by atoms with van der Waals surface area (Å²) in [5.74, 6) is 2.12. The Hall–Kier alpha value is -9.82. The molecule has 14 rings (SSSR count). The van der Waals surface area contributed by atoms with Gasteiger partial charge >= 0.3 is 0 Å². The van der Waals surface area contributed by atoms with Crippen LogP contribution in [0, 0.1) is 48.5 Å². The minimum atomic E-state index is 0.826. The van der Waals surface area contributed by atoms with Gasteiger partial charge in [0, 0.05) is 110 Å². The molecule has 0 spiro atoms. The Labute approximate surface area is 543 Å². The Morgan fingerprint density at radius 3 is 1.22 bits per heavy atom. The quantitative estimate of drug-likeness (QED) is 0.141. The Bertz CT molecular complexity index is 3660. The van der Waals surface area contributed by atoms with Crippen LogP contribution in [-0.4, -0.2) is 68.9 Å². The zero-order valence-electron chi connectivity index (χ0n) is 58.8. The summed E-state index contributed by atoms with van der Waals surface area (Å²) in [6.45, 7) is 42.3. The van der Waals surface area contributed by atoms with Gasteiger partial charge in [-0.2, -0.15) is 0 Å². The third-order valence-electron chi connectivity index (χ3n) is 12.7. The molecule has 12 heterocycles. The number of nitrogens with zero attached hydrogens (tertiary/aromatic N) is 14. The van der Waals surface area contributed by atoms with Gasteiger partial charge in [-0.05, 0) is 173 Å². The largest absolute Gasteiger partial charge is 0.331 e. The Kier molecular flexibility index (Phi) is 40.3. The third-order valence-corrected chi connectivity index (χ3v) is 12.7. The van der Waals surface area contributed by atoms with E-state index in [9.17, 15) is 0 Å². The number of rotatable bonds is 0. The van der Waals surface area contributed by atoms with E-state index in [0.29, 0.717) is 0 Å². The molecule has 0 saturated heterocycles. The fourth-order valence-corrected chi connectivity index (χ4v) is 8.17. The monoisotopic (exact) mass is 1220 g/mol. The lowest BCUT2D eigenvalue weighted by Crippen LogP contribution is -1.89. The van der Waals surface area contributed by atoms with Crippen LogP contribution in [0.2, 0.25) is 0 Å². The lowest BCUT2D eigenvalue weighted by molar-refractivity contribution is 0.886. The number of pyridine rings is 10. The summed E-state index contributed by atoms with van der Waals surface area (Å²) in [7, 11) is 4.06. The molecule has 0 amide bonds. The van der Waals surface area contributed by atoms with Gasteiger partial charge in [-0.3, -0.25) is 39.9 Å². The van der Waals surface area contributed by atoms with E-state index < -0.39 is 0 Å². The van der Waals surface area contributed by atoms with Gasteiger partial charge < -0.3 is 9.13 Å². The first-order valence-corrected chi connectivity index (χ1v) is 32.0. The highest BCUT2D eigenvalue weighted by atomic mass is 15.1. The third kappa shape index (κ3) is 24.6. The minimum Gasteiger partial charge on any atom is -0.331 e. The summed E-state index contributed by atoms with van der Waals surface area (Å²) in [4.78, 5) is 50.1. The van der Waals surface area contributed by atoms with Gasteiger partial charge in [0.2, 0.25) is 0 Å². The Morgan fingerprint density at radius 2 is 0.692 bits per heavy atom. The maximum absolute atomic E-state index is 4.38. The molecular formula is C77H102N14. The van der Waals surface area contributed by atoms with Gasteiger partial charge in [-0.1, -0.05) is 121 Å². The van der Waals surface area contributed by atoms with Crippen molar-refractivity contribution in [2.45, 2.75) is 145 Å². The summed E-state index contributed by atoms with van der Waals surface area (Å²) in [5.41, 5.74) is 16.4. The predicted molar refractivity (Wildman–Crippen MR) is 392 cm³/mol. The van der Waals surface area contributed by atoms with Gasteiger partial charge in [-0.15, -0.1) is 0 Å². The van der Waals surface area contributed by atoms with Crippen molar-refractivity contribution < 1.29 is 0 Å². The molecule has 0 radical (unpaired) electrons. The molecule has 14 aromatic rings. The number of imidazole rings is 2. The lowest BCUT2D eigenvalue weighted by Gasteiger charge is -1.97. The van der Waals surface area contributed by atoms with Crippen molar-refractivity contribution in [2.24, 2.45) is 14.1 Å². The van der Waals surface area contributed by atoms with Crippen LogP contribution in [-0.2, 0) is 14.1 Å². The zero-order chi connectivity index (χ0) is 68.1. The van der Waals surface area contributed by atoms with Crippen LogP contribution in [0.1, 0.15) is 136 Å². The zero-order valence-corrected chi connectivity index (χ0v) is 58.8. The highest BCUT2D eigenvalue weighted by molar-refractivity contribution is 5.82. The molecule has 91 heavy (non-hydrogen) atoms. The Balaban J connectivity index is 0.000000514. The highest BCUT2D eigenvalue weighted by Crippen LogP contribution is 2.17. The van der Waals surface area contributed by atoms with Crippen molar-refractivity contribution in [3.63, 3.8) is 0 Å². The van der Waals surface area contributed by atoms with E-state index in [1.54, 1.807) is 55.8 Å². The number of benzene rings is 2. The average Bonchev–Trinajstić information content (AvgIpc) is 3.47. The second kappa shape index (κ2) is 46.3. The lowest BCUT2D eigenvalue weighted by atomic mass is 10.2. The number of hydrogen-bond donors (Lipinski definition) is 0. The smallest absolute Gasteiger partial charge is 0.159 e. The standard InChI is InChI=1S/2C9H10N2.5C9H8N2.7C2H6/c2*1-7-10-8-5-3-4-6-9(8)11(7)2;1-7-2-5-11-9-3-4-10-6-8(7)9;1-7-2-5-11-9-6-10-4-3-8(7)9;1-7-4-6-10-8-3-2-5-11-9(7)8;1-7-4-6-11-9-8(7)3-2-5-10-9;1-7-5-10-6-8-3-2-4-11-9(7)8;7*1-2/h2*3-6H,1-2H3;5*2-6H,1H3;7*1-2H3. The molecule has 12 aromatic heterocycles. The SMILES string of the molecule is CC.CC.CC.CC.CC.CC.CC.Cc1ccnc2cccnc12.Cc1ccnc2ccncc12.Cc1ccnc2cnccc12.Cc1ccnc2ncccc12.Cc1cncc2cccnc12.Cc1nc2ccccc2n1C.Cc1nc2ccccc2n1C. The highest BCUT2D eigenvalue weighted by Gasteiger charge is 2.03. The molecule has 0 N–H and O–H groups in total. The van der Waals surface area contributed by atoms with Gasteiger partial charge in [0.15, 0.2) is 5.65 Å². The fourth-order valence-electron chi connectivity index (χ4n) is 8.17. The van der Waals surface area contributed by atoms with Crippen LogP contribution < -0.4 is 0 Å². The summed E-state index contributed by atoms with van der Waals surface area (Å²) >= 11 is 0. The molecule has 0 atom stereocenters. The van der Waals surface area contributed by atoms with Gasteiger partial charge in [0.1, 0.15) is 11.6 Å². The number of aromatic nitrogens is 14. The molecule has 0 saturated carbocycles. The molecular weight excluding hydrogens is 1120 g/mol. The molecule has 2 aromatic carbocycles. The van der Waals surface area contributed by atoms with Gasteiger partial charge in [0.05, 0.1) is 55.8 Å². The summed E-state index contributed by atoms with van der Waals surface area (Å²) < 4.78 is 4.19. The van der Waals surface area contributed by atoms with E-state index in [-0.39, 0.29) is 0 Å². The van der Waals surface area contributed by atoms with Crippen LogP contribution >= 0.6 is 0 Å². The fraction of sp³-hybridized carbons (Fsp3) is 0.299. The summed E-state index contributed by atoms with van der Waals surface area (Å²) in [6, 6.07) is 39.9. The number of hydrogen-bond acceptors (Lipinski definition) is 12. The van der Waals surface area contributed by atoms with Crippen LogP contribution in [0.15, 0.2) is 202 Å². The summed E-state index contributed by atoms with van der Waals surface area (Å²) in [6.07, 6.45) is 23.4. The molecule has 0 bridgehead atoms. The maximum atomic E-state index is 4.38. The average molecular weight is 1220 g/mol. The predicted octanol–water partition coefficient (Wildman–Crippen LogP) is 20.6. The molecule has 0 unspecified atom stereocenters. The van der Waals surface area contributed by atoms with Crippen molar-refractivity contribution in [3.05, 3.63) is 241 Å². The molecule has 480 valence electrons. The van der Waals surface area contributed by atoms with Gasteiger partial charge in [0.25, 0.3) is 0 Å². The molecule has 0 aliphatic carbocycles. The van der Waals surface area contributed by atoms with E-state index in [2.05, 4.69) is 102 Å². The van der Waals surface area contributed by atoms with Crippen molar-refractivity contribution >= 4 is 76.8 Å². The first kappa shape index (κ1) is 79.2. The second-order valence-electron chi connectivity index (χ2n) is 18.0. The van der Waals surface area contributed by atoms with Crippen LogP contribution in [0.3, 0.4) is 0 Å². The molecule has 14 heteroatoms.